The minimum Gasteiger partial charge on any atom is -0.329 e. The molecule has 5 nitrogen and oxygen atoms in total. The van der Waals surface area contributed by atoms with Crippen LogP contribution in [0.4, 0.5) is 5.69 Å². The molecule has 0 aliphatic heterocycles. The lowest BCUT2D eigenvalue weighted by molar-refractivity contribution is -0.386. The van der Waals surface area contributed by atoms with Gasteiger partial charge in [-0.1, -0.05) is 6.07 Å². The van der Waals surface area contributed by atoms with Crippen molar-refractivity contribution in [2.45, 2.75) is 13.0 Å². The molecule has 1 atom stereocenters. The molecule has 4 N–H and O–H groups in total. The fourth-order valence-electron chi connectivity index (χ4n) is 0.920. The second-order valence-corrected chi connectivity index (χ2v) is 3.20. The predicted molar refractivity (Wildman–Crippen MR) is 53.5 cm³/mol. The van der Waals surface area contributed by atoms with E-state index in [1.165, 1.54) is 0 Å². The van der Waals surface area contributed by atoms with E-state index in [2.05, 4.69) is 0 Å². The molecule has 0 spiro atoms. The number of nitro groups is 1. The Morgan fingerprint density at radius 3 is 2.21 bits per heavy atom. The Balaban J connectivity index is 0.000000171. The summed E-state index contributed by atoms with van der Waals surface area (Å²) >= 11 is 0. The predicted octanol–water partition coefficient (Wildman–Crippen LogP) is 0.487. The van der Waals surface area contributed by atoms with Crippen molar-refractivity contribution in [3.8, 4) is 0 Å². The molecule has 0 aromatic rings. The van der Waals surface area contributed by atoms with Crippen LogP contribution in [0.5, 0.6) is 0 Å². The average Bonchev–Trinajstić information content (AvgIpc) is 2.10. The van der Waals surface area contributed by atoms with Crippen molar-refractivity contribution >= 4 is 5.69 Å². The Kier molecular flexibility index (Phi) is 3.16. The van der Waals surface area contributed by atoms with Crippen LogP contribution < -0.4 is 11.5 Å². The fourth-order valence-corrected chi connectivity index (χ4v) is 0.920. The Hall–Kier alpha value is -1.46. The van der Waals surface area contributed by atoms with Crippen LogP contribution in [0.3, 0.4) is 0 Å². The molecule has 14 heavy (non-hydrogen) atoms. The number of hydrogen-bond donors (Lipinski definition) is 2. The van der Waals surface area contributed by atoms with E-state index < -0.39 is 0 Å². The SMILES string of the molecule is CC(N)CN.O=[N+]([O-])c1cc2ccc1=2. The Bertz CT molecular complexity index is 428. The third-order valence-electron chi connectivity index (χ3n) is 1.88. The summed E-state index contributed by atoms with van der Waals surface area (Å²) in [6.07, 6.45) is 0. The van der Waals surface area contributed by atoms with Gasteiger partial charge in [0.15, 0.2) is 0 Å². The Morgan fingerprint density at radius 2 is 2.14 bits per heavy atom. The van der Waals surface area contributed by atoms with Gasteiger partial charge < -0.3 is 11.5 Å². The van der Waals surface area contributed by atoms with Crippen molar-refractivity contribution in [1.29, 1.82) is 0 Å². The van der Waals surface area contributed by atoms with E-state index in [4.69, 9.17) is 11.5 Å². The molecule has 1 unspecified atom stereocenters. The number of nitrogens with two attached hydrogens (primary N) is 2. The highest BCUT2D eigenvalue weighted by molar-refractivity contribution is 5.44. The molecule has 0 radical (unpaired) electrons. The van der Waals surface area contributed by atoms with Gasteiger partial charge in [-0.25, -0.2) is 0 Å². The van der Waals surface area contributed by atoms with Gasteiger partial charge >= 0.3 is 0 Å². The molecular weight excluding hydrogens is 182 g/mol. The number of benzene rings is 1. The van der Waals surface area contributed by atoms with Crippen LogP contribution in [0.2, 0.25) is 0 Å². The van der Waals surface area contributed by atoms with Crippen LogP contribution in [-0.2, 0) is 0 Å². The standard InChI is InChI=1S/C6H3NO2.C3H10N2/c8-7(9)6-3-4-1-2-5(4)6;1-3(5)2-4/h1-3H;3H,2,4-5H2,1H3. The third kappa shape index (κ3) is 2.07. The maximum Gasteiger partial charge on any atom is 0.277 e. The molecule has 0 heterocycles. The first kappa shape index (κ1) is 10.6. The van der Waals surface area contributed by atoms with Crippen molar-refractivity contribution in [1.82, 2.24) is 0 Å². The molecule has 0 saturated heterocycles. The number of nitrogens with zero attached hydrogens (tertiary/aromatic N) is 1. The zero-order valence-electron chi connectivity index (χ0n) is 7.93. The first-order valence-electron chi connectivity index (χ1n) is 4.30. The number of nitro benzene ring substituents is 1. The molecule has 0 fully saturated rings. The first-order chi connectivity index (χ1) is 6.56. The molecule has 2 aliphatic rings. The summed E-state index contributed by atoms with van der Waals surface area (Å²) in [6, 6.07) is 5.36. The lowest BCUT2D eigenvalue weighted by atomic mass is 10.1. The zero-order valence-corrected chi connectivity index (χ0v) is 7.93. The molecule has 0 aromatic heterocycles. The van der Waals surface area contributed by atoms with E-state index in [1.54, 1.807) is 12.1 Å². The van der Waals surface area contributed by atoms with Gasteiger partial charge in [-0.2, -0.15) is 0 Å². The van der Waals surface area contributed by atoms with Gasteiger partial charge in [0.05, 0.1) is 10.1 Å². The fraction of sp³-hybridized carbons (Fsp3) is 0.333. The Morgan fingerprint density at radius 1 is 1.57 bits per heavy atom. The van der Waals surface area contributed by atoms with Crippen molar-refractivity contribution < 1.29 is 4.92 Å². The van der Waals surface area contributed by atoms with Crippen LogP contribution >= 0.6 is 0 Å². The summed E-state index contributed by atoms with van der Waals surface area (Å²) in [5.74, 6) is 0. The largest absolute Gasteiger partial charge is 0.329 e. The highest BCUT2D eigenvalue weighted by atomic mass is 16.6. The molecule has 0 amide bonds. The number of rotatable bonds is 2. The van der Waals surface area contributed by atoms with E-state index in [0.29, 0.717) is 6.54 Å². The van der Waals surface area contributed by atoms with Gasteiger partial charge in [-0.15, -0.1) is 0 Å². The molecule has 5 heteroatoms. The van der Waals surface area contributed by atoms with Crippen LogP contribution in [0.15, 0.2) is 18.2 Å². The maximum absolute atomic E-state index is 10.0. The molecule has 0 bridgehead atoms. The molecule has 0 aromatic carbocycles. The summed E-state index contributed by atoms with van der Waals surface area (Å²) in [7, 11) is 0. The van der Waals surface area contributed by atoms with E-state index in [9.17, 15) is 10.1 Å². The monoisotopic (exact) mass is 195 g/mol. The van der Waals surface area contributed by atoms with Crippen molar-refractivity contribution in [3.05, 3.63) is 38.8 Å². The topological polar surface area (TPSA) is 95.2 Å². The number of non-ortho nitro benzene ring substituents is 1. The van der Waals surface area contributed by atoms with E-state index >= 15 is 0 Å². The maximum atomic E-state index is 10.0. The minimum absolute atomic E-state index is 0.162. The molecule has 2 aliphatic carbocycles. The smallest absolute Gasteiger partial charge is 0.277 e. The Labute approximate surface area is 81.2 Å². The van der Waals surface area contributed by atoms with Crippen LogP contribution in [0, 0.1) is 20.6 Å². The van der Waals surface area contributed by atoms with Crippen molar-refractivity contribution in [3.63, 3.8) is 0 Å². The first-order valence-corrected chi connectivity index (χ1v) is 4.30. The molecule has 0 saturated carbocycles. The van der Waals surface area contributed by atoms with Crippen LogP contribution in [-0.4, -0.2) is 17.5 Å². The normalized spacial score (nSPS) is 12.5. The quantitative estimate of drug-likeness (QED) is 0.538. The van der Waals surface area contributed by atoms with E-state index in [1.807, 2.05) is 13.0 Å². The second-order valence-electron chi connectivity index (χ2n) is 3.20. The summed E-state index contributed by atoms with van der Waals surface area (Å²) < 4.78 is 0. The molecular formula is C9H13N3O2. The number of hydrogen-bond acceptors (Lipinski definition) is 4. The van der Waals surface area contributed by atoms with Crippen molar-refractivity contribution in [2.75, 3.05) is 6.54 Å². The van der Waals surface area contributed by atoms with Gasteiger partial charge in [-0.3, -0.25) is 10.1 Å². The summed E-state index contributed by atoms with van der Waals surface area (Å²) in [4.78, 5) is 9.68. The highest BCUT2D eigenvalue weighted by Crippen LogP contribution is 2.22. The zero-order chi connectivity index (χ0) is 10.7. The van der Waals surface area contributed by atoms with E-state index in [-0.39, 0.29) is 16.7 Å². The van der Waals surface area contributed by atoms with Crippen molar-refractivity contribution in [2.24, 2.45) is 11.5 Å². The minimum atomic E-state index is -0.359. The van der Waals surface area contributed by atoms with Crippen LogP contribution in [0.1, 0.15) is 6.92 Å². The summed E-state index contributed by atoms with van der Waals surface area (Å²) in [5.41, 5.74) is 10.5. The van der Waals surface area contributed by atoms with E-state index in [0.717, 1.165) is 10.4 Å². The molecule has 76 valence electrons. The van der Waals surface area contributed by atoms with Crippen LogP contribution in [0.25, 0.3) is 0 Å². The third-order valence-corrected chi connectivity index (χ3v) is 1.88. The second kappa shape index (κ2) is 4.17. The van der Waals surface area contributed by atoms with Gasteiger partial charge in [0.1, 0.15) is 0 Å². The average molecular weight is 195 g/mol. The van der Waals surface area contributed by atoms with Gasteiger partial charge in [0, 0.05) is 18.7 Å². The highest BCUT2D eigenvalue weighted by Gasteiger charge is 2.14. The van der Waals surface area contributed by atoms with Gasteiger partial charge in [0.2, 0.25) is 0 Å². The summed E-state index contributed by atoms with van der Waals surface area (Å²) in [5, 5.41) is 11.9. The van der Waals surface area contributed by atoms with Gasteiger partial charge in [-0.05, 0) is 18.2 Å². The summed E-state index contributed by atoms with van der Waals surface area (Å²) in [6.45, 7) is 2.46. The van der Waals surface area contributed by atoms with Gasteiger partial charge in [0.25, 0.3) is 5.69 Å². The lowest BCUT2D eigenvalue weighted by Crippen LogP contribution is -2.25. The molecule has 2 rings (SSSR count). The lowest BCUT2D eigenvalue weighted by Gasteiger charge is -2.01.